The van der Waals surface area contributed by atoms with Gasteiger partial charge in [-0.05, 0) is 25.5 Å². The minimum atomic E-state index is -4.37. The van der Waals surface area contributed by atoms with Gasteiger partial charge < -0.3 is 19.9 Å². The second kappa shape index (κ2) is 10.5. The van der Waals surface area contributed by atoms with Gasteiger partial charge in [-0.25, -0.2) is 4.79 Å². The Balaban J connectivity index is 2.07. The molecule has 190 valence electrons. The minimum absolute atomic E-state index is 0.0296. The summed E-state index contributed by atoms with van der Waals surface area (Å²) in [4.78, 5) is 39.7. The van der Waals surface area contributed by atoms with Gasteiger partial charge >= 0.3 is 17.6 Å². The quantitative estimate of drug-likeness (QED) is 0.396. The lowest BCUT2D eigenvalue weighted by Crippen LogP contribution is -2.42. The van der Waals surface area contributed by atoms with Gasteiger partial charge in [-0.1, -0.05) is 24.6 Å². The van der Waals surface area contributed by atoms with Crippen molar-refractivity contribution in [3.05, 3.63) is 52.1 Å². The van der Waals surface area contributed by atoms with Crippen LogP contribution in [0, 0.1) is 6.92 Å². The Morgan fingerprint density at radius 1 is 1.14 bits per heavy atom. The summed E-state index contributed by atoms with van der Waals surface area (Å²) in [6, 6.07) is 5.91. The van der Waals surface area contributed by atoms with Crippen LogP contribution in [0.1, 0.15) is 38.1 Å². The topological polar surface area (TPSA) is 166 Å². The number of hydrogen-bond acceptors (Lipinski definition) is 11. The molecule has 0 spiro atoms. The molecule has 1 aliphatic heterocycles. The SMILES string of the molecule is CCc1cn([C@@H]2O[C@H](COC(C)=O)[C@H](OS(=O)(=O)c3ccc(C)cc3)[C@H]2OC(C)=O)c(=O)nc1N. The van der Waals surface area contributed by atoms with Crippen molar-refractivity contribution in [3.8, 4) is 0 Å². The number of anilines is 1. The van der Waals surface area contributed by atoms with Gasteiger partial charge in [-0.15, -0.1) is 0 Å². The number of ether oxygens (including phenoxy) is 3. The summed E-state index contributed by atoms with van der Waals surface area (Å²) in [6.45, 7) is 5.45. The molecule has 4 atom stereocenters. The molecule has 13 heteroatoms. The number of nitrogens with two attached hydrogens (primary N) is 1. The maximum atomic E-state index is 13.0. The lowest BCUT2D eigenvalue weighted by molar-refractivity contribution is -0.155. The van der Waals surface area contributed by atoms with Crippen molar-refractivity contribution < 1.29 is 36.4 Å². The third-order valence-corrected chi connectivity index (χ3v) is 6.63. The first-order chi connectivity index (χ1) is 16.4. The highest BCUT2D eigenvalue weighted by Gasteiger charge is 2.51. The van der Waals surface area contributed by atoms with Gasteiger partial charge in [0.1, 0.15) is 24.6 Å². The first-order valence-electron chi connectivity index (χ1n) is 10.8. The molecular formula is C22H27N3O9S. The predicted molar refractivity (Wildman–Crippen MR) is 122 cm³/mol. The second-order valence-corrected chi connectivity index (χ2v) is 9.54. The number of nitrogens with zero attached hydrogens (tertiary/aromatic N) is 2. The van der Waals surface area contributed by atoms with Crippen LogP contribution in [0.25, 0.3) is 0 Å². The summed E-state index contributed by atoms with van der Waals surface area (Å²) in [7, 11) is -4.37. The third-order valence-electron chi connectivity index (χ3n) is 5.30. The van der Waals surface area contributed by atoms with E-state index in [-0.39, 0.29) is 10.7 Å². The average molecular weight is 510 g/mol. The zero-order valence-electron chi connectivity index (χ0n) is 19.7. The van der Waals surface area contributed by atoms with Gasteiger partial charge in [-0.3, -0.25) is 18.3 Å². The summed E-state index contributed by atoms with van der Waals surface area (Å²) in [5.41, 5.74) is 6.34. The van der Waals surface area contributed by atoms with E-state index in [0.29, 0.717) is 12.0 Å². The Bertz CT molecular complexity index is 1260. The summed E-state index contributed by atoms with van der Waals surface area (Å²) in [5, 5.41) is 0. The van der Waals surface area contributed by atoms with E-state index in [1.54, 1.807) is 26.0 Å². The van der Waals surface area contributed by atoms with E-state index in [0.717, 1.165) is 24.0 Å². The van der Waals surface area contributed by atoms with Gasteiger partial charge in [0, 0.05) is 25.6 Å². The fourth-order valence-corrected chi connectivity index (χ4v) is 4.69. The molecule has 2 aromatic rings. The van der Waals surface area contributed by atoms with E-state index in [9.17, 15) is 22.8 Å². The molecule has 1 aromatic carbocycles. The number of hydrogen-bond donors (Lipinski definition) is 1. The Kier molecular flexibility index (Phi) is 7.93. The molecule has 1 saturated heterocycles. The Hall–Kier alpha value is -3.29. The maximum Gasteiger partial charge on any atom is 0.351 e. The third kappa shape index (κ3) is 6.05. The second-order valence-electron chi connectivity index (χ2n) is 7.96. The van der Waals surface area contributed by atoms with Crippen LogP contribution < -0.4 is 11.4 Å². The highest BCUT2D eigenvalue weighted by Crippen LogP contribution is 2.35. The number of aromatic nitrogens is 2. The van der Waals surface area contributed by atoms with E-state index in [1.165, 1.54) is 18.3 Å². The van der Waals surface area contributed by atoms with Crippen molar-refractivity contribution >= 4 is 27.9 Å². The van der Waals surface area contributed by atoms with E-state index < -0.39 is 58.9 Å². The van der Waals surface area contributed by atoms with E-state index >= 15 is 0 Å². The number of esters is 2. The molecule has 35 heavy (non-hydrogen) atoms. The fourth-order valence-electron chi connectivity index (χ4n) is 3.58. The van der Waals surface area contributed by atoms with Crippen LogP contribution in [0.4, 0.5) is 5.82 Å². The van der Waals surface area contributed by atoms with Crippen LogP contribution >= 0.6 is 0 Å². The number of aryl methyl sites for hydroxylation is 2. The van der Waals surface area contributed by atoms with Gasteiger partial charge in [0.15, 0.2) is 12.3 Å². The number of carbonyl (C=O) groups excluding carboxylic acids is 2. The Labute approximate surface area is 202 Å². The molecule has 3 rings (SSSR count). The molecule has 0 unspecified atom stereocenters. The molecule has 1 fully saturated rings. The van der Waals surface area contributed by atoms with E-state index in [1.807, 2.05) is 0 Å². The molecule has 0 bridgehead atoms. The number of nitrogen functional groups attached to an aromatic ring is 1. The molecule has 2 heterocycles. The zero-order valence-corrected chi connectivity index (χ0v) is 20.5. The first-order valence-corrected chi connectivity index (χ1v) is 12.2. The molecule has 0 aliphatic carbocycles. The lowest BCUT2D eigenvalue weighted by Gasteiger charge is -2.24. The summed E-state index contributed by atoms with van der Waals surface area (Å²) < 4.78 is 48.9. The van der Waals surface area contributed by atoms with Crippen LogP contribution in [0.5, 0.6) is 0 Å². The Morgan fingerprint density at radius 3 is 2.37 bits per heavy atom. The largest absolute Gasteiger partial charge is 0.463 e. The van der Waals surface area contributed by atoms with Crippen molar-refractivity contribution in [2.24, 2.45) is 0 Å². The highest BCUT2D eigenvalue weighted by atomic mass is 32.2. The van der Waals surface area contributed by atoms with E-state index in [4.69, 9.17) is 24.1 Å². The van der Waals surface area contributed by atoms with Gasteiger partial charge in [0.05, 0.1) is 4.90 Å². The van der Waals surface area contributed by atoms with Crippen LogP contribution in [0.3, 0.4) is 0 Å². The first kappa shape index (κ1) is 26.3. The molecule has 2 N–H and O–H groups in total. The smallest absolute Gasteiger partial charge is 0.351 e. The van der Waals surface area contributed by atoms with Crippen LogP contribution in [-0.4, -0.2) is 54.8 Å². The van der Waals surface area contributed by atoms with Crippen LogP contribution in [0.2, 0.25) is 0 Å². The number of rotatable bonds is 8. The maximum absolute atomic E-state index is 13.0. The van der Waals surface area contributed by atoms with Crippen molar-refractivity contribution in [1.29, 1.82) is 0 Å². The normalized spacial score (nSPS) is 22.1. The molecule has 0 amide bonds. The standard InChI is InChI=1S/C22H27N3O9S/c1-5-15-10-25(22(28)24-20(15)23)21-19(32-14(4)27)18(17(33-21)11-31-13(3)26)34-35(29,30)16-8-6-12(2)7-9-16/h6-10,17-19,21H,5,11H2,1-4H3,(H2,23,24,28)/t17-,18+,19-,21-/m1/s1. The van der Waals surface area contributed by atoms with Crippen LogP contribution in [0.15, 0.2) is 40.2 Å². The minimum Gasteiger partial charge on any atom is -0.463 e. The summed E-state index contributed by atoms with van der Waals surface area (Å²) in [6.07, 6.45) is -3.56. The number of carbonyl (C=O) groups is 2. The average Bonchev–Trinajstić information content (AvgIpc) is 3.08. The van der Waals surface area contributed by atoms with Crippen molar-refractivity contribution in [2.75, 3.05) is 12.3 Å². The lowest BCUT2D eigenvalue weighted by atomic mass is 10.1. The fraction of sp³-hybridized carbons (Fsp3) is 0.455. The van der Waals surface area contributed by atoms with Gasteiger partial charge in [0.2, 0.25) is 0 Å². The monoisotopic (exact) mass is 509 g/mol. The number of benzene rings is 1. The molecule has 0 radical (unpaired) electrons. The summed E-state index contributed by atoms with van der Waals surface area (Å²) in [5.74, 6) is -1.40. The summed E-state index contributed by atoms with van der Waals surface area (Å²) >= 11 is 0. The molecule has 0 saturated carbocycles. The van der Waals surface area contributed by atoms with Crippen molar-refractivity contribution in [2.45, 2.75) is 63.6 Å². The Morgan fingerprint density at radius 2 is 1.80 bits per heavy atom. The molecule has 1 aliphatic rings. The zero-order chi connectivity index (χ0) is 25.9. The van der Waals surface area contributed by atoms with Crippen molar-refractivity contribution in [1.82, 2.24) is 9.55 Å². The predicted octanol–water partition coefficient (Wildman–Crippen LogP) is 0.863. The van der Waals surface area contributed by atoms with Crippen LogP contribution in [-0.2, 0) is 44.5 Å². The molecule has 1 aromatic heterocycles. The highest BCUT2D eigenvalue weighted by molar-refractivity contribution is 7.86. The molecule has 12 nitrogen and oxygen atoms in total. The molecular weight excluding hydrogens is 482 g/mol. The van der Waals surface area contributed by atoms with Gasteiger partial charge in [0.25, 0.3) is 10.1 Å². The van der Waals surface area contributed by atoms with Gasteiger partial charge in [-0.2, -0.15) is 13.4 Å². The van der Waals surface area contributed by atoms with Crippen molar-refractivity contribution in [3.63, 3.8) is 0 Å². The van der Waals surface area contributed by atoms with E-state index in [2.05, 4.69) is 4.98 Å².